The number of benzene rings is 11. The van der Waals surface area contributed by atoms with Gasteiger partial charge < -0.3 is 4.57 Å². The molecule has 1 spiro atoms. The van der Waals surface area contributed by atoms with Crippen molar-refractivity contribution >= 4 is 39.1 Å². The van der Waals surface area contributed by atoms with Crippen molar-refractivity contribution in [1.82, 2.24) is 14.5 Å². The molecule has 1 aliphatic heterocycles. The first-order valence-corrected chi connectivity index (χ1v) is 25.7. The number of hydrogen-bond acceptors (Lipinski definition) is 3. The molecule has 2 aromatic heterocycles. The van der Waals surface area contributed by atoms with Gasteiger partial charge in [0.05, 0.1) is 39.2 Å². The SMILES string of the molecule is c1ccc(-c2ccc(-n3c4ccccc4c4cc(-c5cccc(-c6ccc7c(c6)C6(c8ccccc8-7)c7ccccc7N(c7nc(-c8ccccc8)cc(-c8ccccc8)n7)c7ccccc76)c5)ccc43)cc2)cc1. The van der Waals surface area contributed by atoms with Crippen molar-refractivity contribution in [3.63, 3.8) is 0 Å². The molecule has 0 amide bonds. The molecule has 4 heteroatoms. The molecule has 350 valence electrons. The molecule has 0 saturated carbocycles. The van der Waals surface area contributed by atoms with Gasteiger partial charge in [-0.1, -0.05) is 218 Å². The number of rotatable bonds is 7. The van der Waals surface area contributed by atoms with E-state index in [1.807, 2.05) is 12.1 Å². The number of nitrogens with zero attached hydrogens (tertiary/aromatic N) is 4. The molecule has 0 bridgehead atoms. The Kier molecular flexibility index (Phi) is 9.76. The van der Waals surface area contributed by atoms with Gasteiger partial charge in [0.25, 0.3) is 0 Å². The molecule has 0 N–H and O–H groups in total. The van der Waals surface area contributed by atoms with Gasteiger partial charge in [-0.15, -0.1) is 0 Å². The molecule has 75 heavy (non-hydrogen) atoms. The Balaban J connectivity index is 0.865. The first-order chi connectivity index (χ1) is 37.2. The van der Waals surface area contributed by atoms with Crippen molar-refractivity contribution in [3.8, 4) is 72.7 Å². The predicted molar refractivity (Wildman–Crippen MR) is 309 cm³/mol. The minimum Gasteiger partial charge on any atom is -0.309 e. The van der Waals surface area contributed by atoms with E-state index in [0.717, 1.165) is 39.6 Å². The second-order valence-electron chi connectivity index (χ2n) is 19.7. The Morgan fingerprint density at radius 2 is 0.747 bits per heavy atom. The number of fused-ring (bicyclic) bond motifs is 12. The summed E-state index contributed by atoms with van der Waals surface area (Å²) in [5.74, 6) is 0.627. The summed E-state index contributed by atoms with van der Waals surface area (Å²) in [6, 6.07) is 101. The van der Waals surface area contributed by atoms with Crippen LogP contribution >= 0.6 is 0 Å². The van der Waals surface area contributed by atoms with E-state index in [-0.39, 0.29) is 0 Å². The monoisotopic (exact) mass is 954 g/mol. The van der Waals surface area contributed by atoms with Crippen LogP contribution in [0.2, 0.25) is 0 Å². The Hall–Kier alpha value is -9.90. The third-order valence-corrected chi connectivity index (χ3v) is 15.6. The summed E-state index contributed by atoms with van der Waals surface area (Å²) in [7, 11) is 0. The predicted octanol–water partition coefficient (Wildman–Crippen LogP) is 18.1. The van der Waals surface area contributed by atoms with Gasteiger partial charge in [0.15, 0.2) is 0 Å². The van der Waals surface area contributed by atoms with Crippen molar-refractivity contribution in [1.29, 1.82) is 0 Å². The molecule has 13 aromatic rings. The Morgan fingerprint density at radius 1 is 0.280 bits per heavy atom. The van der Waals surface area contributed by atoms with Crippen LogP contribution in [-0.4, -0.2) is 14.5 Å². The average Bonchev–Trinajstić information content (AvgIpc) is 3.99. The number of anilines is 3. The Bertz CT molecular complexity index is 4240. The summed E-state index contributed by atoms with van der Waals surface area (Å²) in [5.41, 5.74) is 23.3. The van der Waals surface area contributed by atoms with Crippen molar-refractivity contribution in [2.75, 3.05) is 4.90 Å². The van der Waals surface area contributed by atoms with E-state index >= 15 is 0 Å². The minimum absolute atomic E-state index is 0.627. The molecule has 3 heterocycles. The van der Waals surface area contributed by atoms with Crippen LogP contribution in [0, 0.1) is 0 Å². The first-order valence-electron chi connectivity index (χ1n) is 25.7. The van der Waals surface area contributed by atoms with Crippen LogP contribution in [0.5, 0.6) is 0 Å². The lowest BCUT2D eigenvalue weighted by Crippen LogP contribution is -2.36. The van der Waals surface area contributed by atoms with Crippen LogP contribution in [0.4, 0.5) is 17.3 Å². The number of aromatic nitrogens is 3. The largest absolute Gasteiger partial charge is 0.309 e. The molecule has 0 fully saturated rings. The molecule has 15 rings (SSSR count). The molecular weight excluding hydrogens is 909 g/mol. The van der Waals surface area contributed by atoms with Crippen LogP contribution in [-0.2, 0) is 5.41 Å². The van der Waals surface area contributed by atoms with Crippen molar-refractivity contribution in [2.24, 2.45) is 0 Å². The smallest absolute Gasteiger partial charge is 0.235 e. The van der Waals surface area contributed by atoms with Crippen LogP contribution in [0.3, 0.4) is 0 Å². The van der Waals surface area contributed by atoms with Gasteiger partial charge in [-0.25, -0.2) is 9.97 Å². The first kappa shape index (κ1) is 42.8. The Morgan fingerprint density at radius 3 is 1.41 bits per heavy atom. The zero-order valence-electron chi connectivity index (χ0n) is 40.8. The van der Waals surface area contributed by atoms with Crippen molar-refractivity contribution in [3.05, 3.63) is 301 Å². The molecule has 0 saturated heterocycles. The molecule has 4 nitrogen and oxygen atoms in total. The molecule has 2 aliphatic rings. The standard InChI is InChI=1S/C71H46N4/c1-4-19-47(20-5-1)48-35-39-55(40-36-48)74-66-32-15-11-28-58(66)59-44-53(38-42-67(59)74)51-25-18-26-52(43-51)54-37-41-57-56-27-10-12-29-60(56)71(63(57)45-54)61-30-13-16-33-68(61)75(69-34-17-14-31-62(69)71)70-72-64(49-21-6-2-7-22-49)46-65(73-70)50-23-8-3-9-24-50/h1-46H. The van der Waals surface area contributed by atoms with Crippen LogP contribution in [0.15, 0.2) is 279 Å². The van der Waals surface area contributed by atoms with E-state index in [0.29, 0.717) is 5.95 Å². The lowest BCUT2D eigenvalue weighted by Gasteiger charge is -2.44. The summed E-state index contributed by atoms with van der Waals surface area (Å²) in [5, 5.41) is 2.47. The Labute approximate surface area is 435 Å². The van der Waals surface area contributed by atoms with Gasteiger partial charge in [0.1, 0.15) is 0 Å². The average molecular weight is 955 g/mol. The van der Waals surface area contributed by atoms with E-state index in [4.69, 9.17) is 9.97 Å². The van der Waals surface area contributed by atoms with Gasteiger partial charge in [0, 0.05) is 27.6 Å². The third kappa shape index (κ3) is 6.70. The second kappa shape index (κ2) is 17.1. The summed E-state index contributed by atoms with van der Waals surface area (Å²) in [6.45, 7) is 0. The van der Waals surface area contributed by atoms with Gasteiger partial charge in [-0.3, -0.25) is 4.90 Å². The normalized spacial score (nSPS) is 12.9. The number of hydrogen-bond donors (Lipinski definition) is 0. The summed E-state index contributed by atoms with van der Waals surface area (Å²) in [6.07, 6.45) is 0. The summed E-state index contributed by atoms with van der Waals surface area (Å²) in [4.78, 5) is 13.1. The summed E-state index contributed by atoms with van der Waals surface area (Å²) >= 11 is 0. The zero-order chi connectivity index (χ0) is 49.5. The fourth-order valence-corrected chi connectivity index (χ4v) is 12.3. The van der Waals surface area contributed by atoms with Gasteiger partial charge in [-0.2, -0.15) is 0 Å². The fraction of sp³-hybridized carbons (Fsp3) is 0.0141. The molecule has 11 aromatic carbocycles. The molecular formula is C71H46N4. The third-order valence-electron chi connectivity index (χ3n) is 15.6. The van der Waals surface area contributed by atoms with Crippen molar-refractivity contribution in [2.45, 2.75) is 5.41 Å². The topological polar surface area (TPSA) is 34.0 Å². The maximum Gasteiger partial charge on any atom is 0.235 e. The quantitative estimate of drug-likeness (QED) is 0.160. The lowest BCUT2D eigenvalue weighted by molar-refractivity contribution is 0.750. The van der Waals surface area contributed by atoms with Crippen LogP contribution in [0.1, 0.15) is 22.3 Å². The van der Waals surface area contributed by atoms with E-state index in [1.165, 1.54) is 88.6 Å². The molecule has 0 radical (unpaired) electrons. The lowest BCUT2D eigenvalue weighted by atomic mass is 9.64. The highest BCUT2D eigenvalue weighted by atomic mass is 15.3. The summed E-state index contributed by atoms with van der Waals surface area (Å²) < 4.78 is 2.40. The number of para-hydroxylation sites is 3. The zero-order valence-corrected chi connectivity index (χ0v) is 40.8. The fourth-order valence-electron chi connectivity index (χ4n) is 12.3. The highest BCUT2D eigenvalue weighted by Crippen LogP contribution is 2.63. The highest BCUT2D eigenvalue weighted by Gasteiger charge is 2.52. The maximum atomic E-state index is 5.41. The highest BCUT2D eigenvalue weighted by molar-refractivity contribution is 6.10. The van der Waals surface area contributed by atoms with E-state index in [1.54, 1.807) is 0 Å². The second-order valence-corrected chi connectivity index (χ2v) is 19.7. The molecule has 1 aliphatic carbocycles. The van der Waals surface area contributed by atoms with Gasteiger partial charge >= 0.3 is 0 Å². The molecule has 0 unspecified atom stereocenters. The maximum absolute atomic E-state index is 5.41. The molecule has 0 atom stereocenters. The van der Waals surface area contributed by atoms with Gasteiger partial charge in [-0.05, 0) is 127 Å². The van der Waals surface area contributed by atoms with E-state index in [2.05, 4.69) is 276 Å². The minimum atomic E-state index is -0.635. The van der Waals surface area contributed by atoms with Crippen molar-refractivity contribution < 1.29 is 0 Å². The van der Waals surface area contributed by atoms with Crippen LogP contribution < -0.4 is 4.90 Å². The van der Waals surface area contributed by atoms with E-state index < -0.39 is 5.41 Å². The van der Waals surface area contributed by atoms with E-state index in [9.17, 15) is 0 Å². The van der Waals surface area contributed by atoms with Crippen LogP contribution in [0.25, 0.3) is 94.5 Å². The van der Waals surface area contributed by atoms with Gasteiger partial charge in [0.2, 0.25) is 5.95 Å².